The highest BCUT2D eigenvalue weighted by atomic mass is 16.2. The van der Waals surface area contributed by atoms with Crippen LogP contribution >= 0.6 is 0 Å². The molecule has 1 aliphatic carbocycles. The minimum absolute atomic E-state index is 0.100. The third-order valence-corrected chi connectivity index (χ3v) is 7.19. The lowest BCUT2D eigenvalue weighted by Crippen LogP contribution is -2.52. The van der Waals surface area contributed by atoms with Gasteiger partial charge in [-0.1, -0.05) is 12.1 Å². The van der Waals surface area contributed by atoms with Gasteiger partial charge in [0.2, 0.25) is 11.8 Å². The average molecular weight is 396 g/mol. The summed E-state index contributed by atoms with van der Waals surface area (Å²) in [5.41, 5.74) is 8.96. The van der Waals surface area contributed by atoms with E-state index in [0.717, 1.165) is 43.1 Å². The summed E-state index contributed by atoms with van der Waals surface area (Å²) < 4.78 is 0. The predicted octanol–water partition coefficient (Wildman–Crippen LogP) is 1.01. The van der Waals surface area contributed by atoms with E-state index in [1.807, 2.05) is 12.1 Å². The van der Waals surface area contributed by atoms with Crippen molar-refractivity contribution in [2.24, 2.45) is 17.6 Å². The lowest BCUT2D eigenvalue weighted by atomic mass is 9.88. The highest BCUT2D eigenvalue weighted by Crippen LogP contribution is 2.38. The normalized spacial score (nSPS) is 32.3. The van der Waals surface area contributed by atoms with E-state index >= 15 is 0 Å². The number of hydrogen-bond acceptors (Lipinski definition) is 5. The maximum absolute atomic E-state index is 13.0. The zero-order valence-electron chi connectivity index (χ0n) is 16.6. The number of fused-ring (bicyclic) bond motifs is 2. The third-order valence-electron chi connectivity index (χ3n) is 7.19. The molecule has 4 atom stereocenters. The second kappa shape index (κ2) is 7.22. The molecule has 0 bridgehead atoms. The van der Waals surface area contributed by atoms with Crippen molar-refractivity contribution in [3.05, 3.63) is 34.9 Å². The van der Waals surface area contributed by atoms with Crippen molar-refractivity contribution in [1.82, 2.24) is 15.1 Å². The summed E-state index contributed by atoms with van der Waals surface area (Å²) in [6, 6.07) is 5.93. The molecular formula is C22H28N4O3. The lowest BCUT2D eigenvalue weighted by Gasteiger charge is -2.35. The number of carbonyl (C=O) groups excluding carboxylic acids is 3. The van der Waals surface area contributed by atoms with Crippen LogP contribution in [-0.2, 0) is 22.7 Å². The smallest absolute Gasteiger partial charge is 0.255 e. The molecule has 3 aliphatic heterocycles. The van der Waals surface area contributed by atoms with Crippen LogP contribution in [0.1, 0.15) is 53.6 Å². The Morgan fingerprint density at radius 1 is 1.10 bits per heavy atom. The molecule has 7 heteroatoms. The van der Waals surface area contributed by atoms with Crippen LogP contribution < -0.4 is 11.1 Å². The van der Waals surface area contributed by atoms with Crippen molar-refractivity contribution in [1.29, 1.82) is 0 Å². The van der Waals surface area contributed by atoms with Crippen LogP contribution in [0.5, 0.6) is 0 Å². The van der Waals surface area contributed by atoms with Crippen LogP contribution in [0.4, 0.5) is 0 Å². The van der Waals surface area contributed by atoms with E-state index in [0.29, 0.717) is 30.5 Å². The number of nitrogens with two attached hydrogens (primary N) is 1. The van der Waals surface area contributed by atoms with Crippen molar-refractivity contribution in [2.45, 2.75) is 57.3 Å². The minimum Gasteiger partial charge on any atom is -0.328 e. The maximum atomic E-state index is 13.0. The van der Waals surface area contributed by atoms with Gasteiger partial charge in [0, 0.05) is 37.7 Å². The van der Waals surface area contributed by atoms with Crippen molar-refractivity contribution in [2.75, 3.05) is 13.1 Å². The molecule has 3 amide bonds. The summed E-state index contributed by atoms with van der Waals surface area (Å²) in [7, 11) is 0. The largest absolute Gasteiger partial charge is 0.328 e. The van der Waals surface area contributed by atoms with E-state index in [4.69, 9.17) is 5.73 Å². The Morgan fingerprint density at radius 2 is 1.93 bits per heavy atom. The number of carbonyl (C=O) groups is 3. The monoisotopic (exact) mass is 396 g/mol. The first kappa shape index (κ1) is 18.8. The van der Waals surface area contributed by atoms with Crippen molar-refractivity contribution < 1.29 is 14.4 Å². The topological polar surface area (TPSA) is 95.7 Å². The number of amides is 3. The van der Waals surface area contributed by atoms with Gasteiger partial charge in [0.15, 0.2) is 0 Å². The van der Waals surface area contributed by atoms with Gasteiger partial charge in [-0.3, -0.25) is 24.6 Å². The summed E-state index contributed by atoms with van der Waals surface area (Å²) in [6.45, 7) is 3.45. The molecule has 0 aromatic heterocycles. The molecule has 2 saturated heterocycles. The summed E-state index contributed by atoms with van der Waals surface area (Å²) in [6.07, 6.45) is 4.19. The van der Waals surface area contributed by atoms with Crippen LogP contribution in [0.15, 0.2) is 18.2 Å². The van der Waals surface area contributed by atoms with Gasteiger partial charge in [-0.2, -0.15) is 0 Å². The molecule has 4 aliphatic rings. The van der Waals surface area contributed by atoms with Crippen LogP contribution in [0.3, 0.4) is 0 Å². The molecule has 1 saturated carbocycles. The van der Waals surface area contributed by atoms with E-state index in [1.165, 1.54) is 12.8 Å². The Balaban J connectivity index is 1.27. The zero-order chi connectivity index (χ0) is 20.1. The summed E-state index contributed by atoms with van der Waals surface area (Å²) in [5.74, 6) is 0.768. The lowest BCUT2D eigenvalue weighted by molar-refractivity contribution is -0.136. The number of rotatable bonds is 3. The molecule has 7 nitrogen and oxygen atoms in total. The van der Waals surface area contributed by atoms with E-state index < -0.39 is 6.04 Å². The SMILES string of the molecule is NC1C[C@@H]2CCN(Cc3ccc4c(c3)C(=O)N(C3CCC(=O)NC3=O)C4)C[C@@H]2C1. The average Bonchev–Trinajstić information content (AvgIpc) is 3.21. The van der Waals surface area contributed by atoms with E-state index in [9.17, 15) is 14.4 Å². The predicted molar refractivity (Wildman–Crippen MR) is 107 cm³/mol. The van der Waals surface area contributed by atoms with Gasteiger partial charge in [-0.15, -0.1) is 0 Å². The molecule has 3 heterocycles. The second-order valence-corrected chi connectivity index (χ2v) is 9.17. The fourth-order valence-corrected chi connectivity index (χ4v) is 5.71. The quantitative estimate of drug-likeness (QED) is 0.744. The van der Waals surface area contributed by atoms with Crippen LogP contribution in [0.25, 0.3) is 0 Å². The first-order chi connectivity index (χ1) is 14.0. The highest BCUT2D eigenvalue weighted by Gasteiger charge is 2.39. The number of imide groups is 1. The zero-order valence-corrected chi connectivity index (χ0v) is 16.6. The fraction of sp³-hybridized carbons (Fsp3) is 0.591. The van der Waals surface area contributed by atoms with Crippen molar-refractivity contribution in [3.8, 4) is 0 Å². The Morgan fingerprint density at radius 3 is 2.76 bits per heavy atom. The first-order valence-corrected chi connectivity index (χ1v) is 10.7. The number of piperidine rings is 2. The second-order valence-electron chi connectivity index (χ2n) is 9.17. The van der Waals surface area contributed by atoms with E-state index in [2.05, 4.69) is 16.3 Å². The Kier molecular flexibility index (Phi) is 4.67. The van der Waals surface area contributed by atoms with Gasteiger partial charge in [0.1, 0.15) is 6.04 Å². The van der Waals surface area contributed by atoms with Gasteiger partial charge in [0.25, 0.3) is 5.91 Å². The molecule has 154 valence electrons. The standard InChI is InChI=1S/C22H28N4O3/c23-17-8-14-5-6-25(11-16(14)9-17)10-13-1-2-15-12-26(22(29)18(15)7-13)19-3-4-20(27)24-21(19)28/h1-2,7,14,16-17,19H,3-6,8-12,23H2,(H,24,27,28)/t14-,16-,17?,19?/m0/s1. The molecule has 5 rings (SSSR count). The minimum atomic E-state index is -0.554. The van der Waals surface area contributed by atoms with Gasteiger partial charge >= 0.3 is 0 Å². The molecule has 1 aromatic rings. The third kappa shape index (κ3) is 3.46. The number of likely N-dealkylation sites (tertiary alicyclic amines) is 1. The molecule has 1 aromatic carbocycles. The maximum Gasteiger partial charge on any atom is 0.255 e. The molecule has 0 spiro atoms. The summed E-state index contributed by atoms with van der Waals surface area (Å²) in [4.78, 5) is 40.7. The van der Waals surface area contributed by atoms with E-state index in [1.54, 1.807) is 4.90 Å². The Hall–Kier alpha value is -2.25. The number of benzene rings is 1. The molecule has 29 heavy (non-hydrogen) atoms. The molecule has 0 radical (unpaired) electrons. The van der Waals surface area contributed by atoms with Crippen LogP contribution in [0, 0.1) is 11.8 Å². The van der Waals surface area contributed by atoms with Gasteiger partial charge in [-0.05, 0) is 61.3 Å². The Bertz CT molecular complexity index is 870. The van der Waals surface area contributed by atoms with Crippen molar-refractivity contribution >= 4 is 17.7 Å². The summed E-state index contributed by atoms with van der Waals surface area (Å²) >= 11 is 0. The highest BCUT2D eigenvalue weighted by molar-refractivity contribution is 6.05. The van der Waals surface area contributed by atoms with Crippen LogP contribution in [0.2, 0.25) is 0 Å². The van der Waals surface area contributed by atoms with E-state index in [-0.39, 0.29) is 24.1 Å². The van der Waals surface area contributed by atoms with Crippen LogP contribution in [-0.4, -0.2) is 52.7 Å². The molecule has 3 fully saturated rings. The van der Waals surface area contributed by atoms with Gasteiger partial charge in [-0.25, -0.2) is 0 Å². The van der Waals surface area contributed by atoms with Crippen molar-refractivity contribution in [3.63, 3.8) is 0 Å². The van der Waals surface area contributed by atoms with Gasteiger partial charge in [0.05, 0.1) is 0 Å². The number of nitrogens with zero attached hydrogens (tertiary/aromatic N) is 2. The van der Waals surface area contributed by atoms with Gasteiger partial charge < -0.3 is 10.6 Å². The fourth-order valence-electron chi connectivity index (χ4n) is 5.71. The number of nitrogens with one attached hydrogen (secondary N) is 1. The molecule has 3 N–H and O–H groups in total. The first-order valence-electron chi connectivity index (χ1n) is 10.7. The molecular weight excluding hydrogens is 368 g/mol. The number of hydrogen-bond donors (Lipinski definition) is 2. The summed E-state index contributed by atoms with van der Waals surface area (Å²) in [5, 5.41) is 2.35. The molecule has 2 unspecified atom stereocenters. The Labute approximate surface area is 170 Å².